The average Bonchev–Trinajstić information content (AvgIpc) is 2.98. The van der Waals surface area contributed by atoms with Gasteiger partial charge in [0.15, 0.2) is 5.82 Å². The second kappa shape index (κ2) is 11.2. The van der Waals surface area contributed by atoms with E-state index in [1.54, 1.807) is 6.20 Å². The molecule has 3 heterocycles. The van der Waals surface area contributed by atoms with Crippen LogP contribution in [-0.4, -0.2) is 46.9 Å². The summed E-state index contributed by atoms with van der Waals surface area (Å²) in [6.07, 6.45) is 6.55. The minimum atomic E-state index is -0.693. The second-order valence-electron chi connectivity index (χ2n) is 9.18. The van der Waals surface area contributed by atoms with E-state index >= 15 is 0 Å². The number of nitrogens with one attached hydrogen (secondary N) is 1. The zero-order valence-electron chi connectivity index (χ0n) is 20.9. The number of carbonyl (C=O) groups is 2. The van der Waals surface area contributed by atoms with Crippen molar-refractivity contribution in [2.45, 2.75) is 18.8 Å². The number of aromatic nitrogens is 2. The largest absolute Gasteiger partial charge is 0.479 e. The number of halogens is 1. The van der Waals surface area contributed by atoms with Crippen LogP contribution >= 0.6 is 0 Å². The van der Waals surface area contributed by atoms with Crippen molar-refractivity contribution in [3.05, 3.63) is 108 Å². The molecule has 1 saturated heterocycles. The van der Waals surface area contributed by atoms with Gasteiger partial charge in [0.05, 0.1) is 12.7 Å². The van der Waals surface area contributed by atoms with Crippen molar-refractivity contribution in [2.24, 2.45) is 0 Å². The third-order valence-corrected chi connectivity index (χ3v) is 6.81. The predicted octanol–water partition coefficient (Wildman–Crippen LogP) is 5.56. The zero-order valence-corrected chi connectivity index (χ0v) is 20.9. The quantitative estimate of drug-likeness (QED) is 0.367. The van der Waals surface area contributed by atoms with Gasteiger partial charge >= 0.3 is 0 Å². The zero-order chi connectivity index (χ0) is 26.5. The Hall–Kier alpha value is -4.59. The van der Waals surface area contributed by atoms with Gasteiger partial charge in [0, 0.05) is 42.9 Å². The summed E-state index contributed by atoms with van der Waals surface area (Å²) in [7, 11) is 1.32. The van der Waals surface area contributed by atoms with E-state index in [4.69, 9.17) is 4.74 Å². The van der Waals surface area contributed by atoms with Crippen LogP contribution in [0, 0.1) is 5.82 Å². The van der Waals surface area contributed by atoms with Crippen molar-refractivity contribution in [3.63, 3.8) is 0 Å². The summed E-state index contributed by atoms with van der Waals surface area (Å²) >= 11 is 0. The van der Waals surface area contributed by atoms with Gasteiger partial charge in [-0.15, -0.1) is 0 Å². The van der Waals surface area contributed by atoms with Crippen LogP contribution < -0.4 is 10.1 Å². The molecule has 0 spiro atoms. The van der Waals surface area contributed by atoms with Gasteiger partial charge in [-0.2, -0.15) is 0 Å². The fraction of sp³-hybridized carbons (Fsp3) is 0.200. The standard InChI is InChI=1S/C30H27FN4O3/c1-38-29-27(31)17-25(19-33-29)28(36)34-26-10-8-20(9-11-26)22-12-15-35(16-13-22)30(37)23-6-4-21(5-7-23)24-3-2-14-32-18-24/h2-11,14,17-19,22H,12-13,15-16H2,1H3,(H,34,36). The first-order valence-electron chi connectivity index (χ1n) is 12.4. The smallest absolute Gasteiger partial charge is 0.257 e. The number of benzene rings is 2. The van der Waals surface area contributed by atoms with Gasteiger partial charge in [-0.3, -0.25) is 14.6 Å². The van der Waals surface area contributed by atoms with E-state index in [0.29, 0.717) is 30.3 Å². The molecular formula is C30H27FN4O3. The highest BCUT2D eigenvalue weighted by atomic mass is 19.1. The van der Waals surface area contributed by atoms with Gasteiger partial charge in [0.1, 0.15) is 0 Å². The summed E-state index contributed by atoms with van der Waals surface area (Å²) in [5.74, 6) is -0.924. The van der Waals surface area contributed by atoms with Gasteiger partial charge in [0.25, 0.3) is 11.8 Å². The summed E-state index contributed by atoms with van der Waals surface area (Å²) in [4.78, 5) is 35.4. The fourth-order valence-electron chi connectivity index (χ4n) is 4.68. The lowest BCUT2D eigenvalue weighted by Gasteiger charge is -2.32. The molecule has 8 heteroatoms. The number of hydrogen-bond acceptors (Lipinski definition) is 5. The average molecular weight is 511 g/mol. The van der Waals surface area contributed by atoms with E-state index in [1.807, 2.05) is 71.8 Å². The van der Waals surface area contributed by atoms with Gasteiger partial charge in [-0.25, -0.2) is 9.37 Å². The van der Waals surface area contributed by atoms with Crippen LogP contribution in [-0.2, 0) is 0 Å². The maximum absolute atomic E-state index is 13.9. The van der Waals surface area contributed by atoms with Crippen LogP contribution in [0.25, 0.3) is 11.1 Å². The molecular weight excluding hydrogens is 483 g/mol. The molecule has 0 radical (unpaired) electrons. The Bertz CT molecular complexity index is 1420. The molecule has 0 atom stereocenters. The molecule has 0 bridgehead atoms. The normalized spacial score (nSPS) is 13.7. The van der Waals surface area contributed by atoms with Crippen LogP contribution in [0.3, 0.4) is 0 Å². The Kier molecular flexibility index (Phi) is 7.40. The Balaban J connectivity index is 1.15. The number of hydrogen-bond donors (Lipinski definition) is 1. The van der Waals surface area contributed by atoms with E-state index in [-0.39, 0.29) is 17.4 Å². The summed E-state index contributed by atoms with van der Waals surface area (Å²) in [6.45, 7) is 1.37. The summed E-state index contributed by atoms with van der Waals surface area (Å²) in [6, 6.07) is 20.3. The third-order valence-electron chi connectivity index (χ3n) is 6.81. The van der Waals surface area contributed by atoms with Crippen molar-refractivity contribution >= 4 is 17.5 Å². The minimum absolute atomic E-state index is 0.0451. The molecule has 4 aromatic rings. The molecule has 1 aliphatic heterocycles. The van der Waals surface area contributed by atoms with E-state index in [2.05, 4.69) is 15.3 Å². The number of rotatable bonds is 6. The number of amides is 2. The number of methoxy groups -OCH3 is 1. The molecule has 1 N–H and O–H groups in total. The second-order valence-corrected chi connectivity index (χ2v) is 9.18. The molecule has 2 aromatic heterocycles. The number of piperidine rings is 1. The van der Waals surface area contributed by atoms with Gasteiger partial charge in [-0.05, 0) is 71.8 Å². The highest BCUT2D eigenvalue weighted by Crippen LogP contribution is 2.30. The Morgan fingerprint density at radius 1 is 0.947 bits per heavy atom. The third kappa shape index (κ3) is 5.54. The van der Waals surface area contributed by atoms with Gasteiger partial charge in [-0.1, -0.05) is 30.3 Å². The van der Waals surface area contributed by atoms with E-state index < -0.39 is 11.7 Å². The highest BCUT2D eigenvalue weighted by molar-refractivity contribution is 6.04. The van der Waals surface area contributed by atoms with E-state index in [0.717, 1.165) is 35.6 Å². The summed E-state index contributed by atoms with van der Waals surface area (Å²) in [5, 5.41) is 2.76. The molecule has 1 fully saturated rings. The Morgan fingerprint density at radius 2 is 1.68 bits per heavy atom. The molecule has 2 amide bonds. The molecule has 0 saturated carbocycles. The first-order chi connectivity index (χ1) is 18.5. The Morgan fingerprint density at radius 3 is 2.32 bits per heavy atom. The molecule has 0 unspecified atom stereocenters. The van der Waals surface area contributed by atoms with Crippen molar-refractivity contribution in [1.29, 1.82) is 0 Å². The van der Waals surface area contributed by atoms with Gasteiger partial charge in [0.2, 0.25) is 5.88 Å². The number of nitrogens with zero attached hydrogens (tertiary/aromatic N) is 3. The number of likely N-dealkylation sites (tertiary alicyclic amines) is 1. The number of anilines is 1. The Labute approximate surface area is 220 Å². The van der Waals surface area contributed by atoms with Crippen LogP contribution in [0.5, 0.6) is 5.88 Å². The van der Waals surface area contributed by atoms with E-state index in [9.17, 15) is 14.0 Å². The van der Waals surface area contributed by atoms with Gasteiger partial charge < -0.3 is 15.0 Å². The lowest BCUT2D eigenvalue weighted by molar-refractivity contribution is 0.0713. The molecule has 0 aliphatic carbocycles. The number of ether oxygens (including phenoxy) is 1. The van der Waals surface area contributed by atoms with Crippen molar-refractivity contribution < 1.29 is 18.7 Å². The molecule has 192 valence electrons. The van der Waals surface area contributed by atoms with Crippen molar-refractivity contribution in [1.82, 2.24) is 14.9 Å². The number of pyridine rings is 2. The summed E-state index contributed by atoms with van der Waals surface area (Å²) < 4.78 is 18.7. The maximum atomic E-state index is 13.9. The van der Waals surface area contributed by atoms with Crippen LogP contribution in [0.4, 0.5) is 10.1 Å². The predicted molar refractivity (Wildman–Crippen MR) is 143 cm³/mol. The molecule has 1 aliphatic rings. The monoisotopic (exact) mass is 510 g/mol. The van der Waals surface area contributed by atoms with Crippen molar-refractivity contribution in [3.8, 4) is 17.0 Å². The molecule has 5 rings (SSSR count). The fourth-order valence-corrected chi connectivity index (χ4v) is 4.68. The maximum Gasteiger partial charge on any atom is 0.257 e. The molecule has 7 nitrogen and oxygen atoms in total. The first kappa shape index (κ1) is 25.1. The summed E-state index contributed by atoms with van der Waals surface area (Å²) in [5.41, 5.74) is 4.61. The SMILES string of the molecule is COc1ncc(C(=O)Nc2ccc(C3CCN(C(=O)c4ccc(-c5cccnc5)cc4)CC3)cc2)cc1F. The minimum Gasteiger partial charge on any atom is -0.479 e. The van der Waals surface area contributed by atoms with Crippen LogP contribution in [0.2, 0.25) is 0 Å². The molecule has 2 aromatic carbocycles. The highest BCUT2D eigenvalue weighted by Gasteiger charge is 2.24. The van der Waals surface area contributed by atoms with Crippen LogP contribution in [0.15, 0.2) is 85.3 Å². The van der Waals surface area contributed by atoms with Crippen molar-refractivity contribution in [2.75, 3.05) is 25.5 Å². The number of carbonyl (C=O) groups excluding carboxylic acids is 2. The van der Waals surface area contributed by atoms with Crippen LogP contribution in [0.1, 0.15) is 45.0 Å². The molecule has 38 heavy (non-hydrogen) atoms. The topological polar surface area (TPSA) is 84.4 Å². The van der Waals surface area contributed by atoms with E-state index in [1.165, 1.54) is 13.3 Å². The lowest BCUT2D eigenvalue weighted by Crippen LogP contribution is -2.37. The first-order valence-corrected chi connectivity index (χ1v) is 12.4. The lowest BCUT2D eigenvalue weighted by atomic mass is 9.89.